The van der Waals surface area contributed by atoms with E-state index in [2.05, 4.69) is 47.5 Å². The van der Waals surface area contributed by atoms with Gasteiger partial charge in [-0.15, -0.1) is 0 Å². The monoisotopic (exact) mass is 335 g/mol. The largest absolute Gasteiger partial charge is 0.397 e. The Hall–Kier alpha value is -2.00. The van der Waals surface area contributed by atoms with Crippen molar-refractivity contribution < 1.29 is 0 Å². The molecule has 3 N–H and O–H groups in total. The fraction of sp³-hybridized carbons (Fsp3) is 0.455. The first-order chi connectivity index (χ1) is 12.2. The lowest BCUT2D eigenvalue weighted by molar-refractivity contribution is 0.142. The normalized spacial score (nSPS) is 21.7. The Kier molecular flexibility index (Phi) is 4.67. The van der Waals surface area contributed by atoms with Crippen molar-refractivity contribution in [2.45, 2.75) is 51.1 Å². The van der Waals surface area contributed by atoms with Crippen molar-refractivity contribution in [3.8, 4) is 0 Å². The van der Waals surface area contributed by atoms with Gasteiger partial charge in [0.1, 0.15) is 0 Å². The molecule has 1 atom stereocenters. The van der Waals surface area contributed by atoms with Crippen LogP contribution in [0.25, 0.3) is 0 Å². The number of hydrogen-bond donors (Lipinski definition) is 2. The van der Waals surface area contributed by atoms with Gasteiger partial charge in [0.15, 0.2) is 0 Å². The molecular formula is C22H29N3. The first kappa shape index (κ1) is 16.5. The minimum atomic E-state index is 0.529. The molecule has 2 aromatic carbocycles. The molecule has 3 heteroatoms. The standard InChI is InChI=1S/C22H29N3/c1-16-6-4-8-19-18(16)7-5-11-22(19)25-14-12-17(13-15-25)24-21-10-3-2-9-20(21)23/h2-4,6,8-10,17,22,24H,5,7,11-15,23H2,1H3. The topological polar surface area (TPSA) is 41.3 Å². The molecule has 4 rings (SSSR count). The molecule has 0 amide bonds. The van der Waals surface area contributed by atoms with Crippen LogP contribution in [0.5, 0.6) is 0 Å². The summed E-state index contributed by atoms with van der Waals surface area (Å²) in [4.78, 5) is 2.71. The number of hydrogen-bond acceptors (Lipinski definition) is 3. The van der Waals surface area contributed by atoms with Gasteiger partial charge in [-0.1, -0.05) is 30.3 Å². The van der Waals surface area contributed by atoms with Crippen LogP contribution in [0.1, 0.15) is 48.4 Å². The van der Waals surface area contributed by atoms with Gasteiger partial charge < -0.3 is 11.1 Å². The fourth-order valence-corrected chi connectivity index (χ4v) is 4.59. The van der Waals surface area contributed by atoms with Gasteiger partial charge in [0.2, 0.25) is 0 Å². The second-order valence-corrected chi connectivity index (χ2v) is 7.59. The van der Waals surface area contributed by atoms with Crippen LogP contribution >= 0.6 is 0 Å². The van der Waals surface area contributed by atoms with E-state index in [-0.39, 0.29) is 0 Å². The second-order valence-electron chi connectivity index (χ2n) is 7.59. The molecule has 25 heavy (non-hydrogen) atoms. The maximum absolute atomic E-state index is 6.08. The summed E-state index contributed by atoms with van der Waals surface area (Å²) in [6, 6.07) is 16.1. The second kappa shape index (κ2) is 7.09. The van der Waals surface area contributed by atoms with Crippen LogP contribution in [0.3, 0.4) is 0 Å². The Morgan fingerprint density at radius 1 is 1.00 bits per heavy atom. The first-order valence-electron chi connectivity index (χ1n) is 9.66. The maximum atomic E-state index is 6.08. The average Bonchev–Trinajstić information content (AvgIpc) is 2.64. The molecule has 3 nitrogen and oxygen atoms in total. The third-order valence-corrected chi connectivity index (χ3v) is 6.00. The van der Waals surface area contributed by atoms with Crippen molar-refractivity contribution in [1.29, 1.82) is 0 Å². The zero-order chi connectivity index (χ0) is 17.2. The van der Waals surface area contributed by atoms with Crippen molar-refractivity contribution in [1.82, 2.24) is 4.90 Å². The Morgan fingerprint density at radius 2 is 1.80 bits per heavy atom. The molecule has 132 valence electrons. The fourth-order valence-electron chi connectivity index (χ4n) is 4.59. The van der Waals surface area contributed by atoms with Gasteiger partial charge >= 0.3 is 0 Å². The van der Waals surface area contributed by atoms with Crippen LogP contribution in [0.4, 0.5) is 11.4 Å². The van der Waals surface area contributed by atoms with Crippen LogP contribution in [0, 0.1) is 6.92 Å². The van der Waals surface area contributed by atoms with Crippen molar-refractivity contribution in [3.05, 3.63) is 59.2 Å². The molecule has 1 heterocycles. The number of benzene rings is 2. The molecule has 0 saturated carbocycles. The van der Waals surface area contributed by atoms with E-state index in [1.54, 1.807) is 11.1 Å². The molecule has 0 radical (unpaired) electrons. The Labute approximate surface area is 151 Å². The van der Waals surface area contributed by atoms with Crippen LogP contribution in [-0.4, -0.2) is 24.0 Å². The highest BCUT2D eigenvalue weighted by molar-refractivity contribution is 5.66. The summed E-state index contributed by atoms with van der Waals surface area (Å²) in [6.07, 6.45) is 6.25. The van der Waals surface area contributed by atoms with E-state index in [1.165, 1.54) is 50.8 Å². The quantitative estimate of drug-likeness (QED) is 0.810. The minimum Gasteiger partial charge on any atom is -0.397 e. The smallest absolute Gasteiger partial charge is 0.0576 e. The van der Waals surface area contributed by atoms with E-state index in [4.69, 9.17) is 5.73 Å². The first-order valence-corrected chi connectivity index (χ1v) is 9.66. The SMILES string of the molecule is Cc1cccc2c1CCCC2N1CCC(Nc2ccccc2N)CC1. The van der Waals surface area contributed by atoms with E-state index in [0.717, 1.165) is 11.4 Å². The van der Waals surface area contributed by atoms with E-state index >= 15 is 0 Å². The van der Waals surface area contributed by atoms with Crippen LogP contribution < -0.4 is 11.1 Å². The van der Waals surface area contributed by atoms with Crippen molar-refractivity contribution in [2.24, 2.45) is 0 Å². The maximum Gasteiger partial charge on any atom is 0.0576 e. The average molecular weight is 335 g/mol. The number of aryl methyl sites for hydroxylation is 1. The third kappa shape index (κ3) is 3.38. The number of nitrogens with two attached hydrogens (primary N) is 1. The van der Waals surface area contributed by atoms with E-state index in [0.29, 0.717) is 12.1 Å². The van der Waals surface area contributed by atoms with E-state index < -0.39 is 0 Å². The number of likely N-dealkylation sites (tertiary alicyclic amines) is 1. The Balaban J connectivity index is 1.42. The highest BCUT2D eigenvalue weighted by atomic mass is 15.2. The van der Waals surface area contributed by atoms with Gasteiger partial charge in [-0.05, 0) is 67.9 Å². The zero-order valence-corrected chi connectivity index (χ0v) is 15.2. The lowest BCUT2D eigenvalue weighted by atomic mass is 9.83. The highest BCUT2D eigenvalue weighted by Gasteiger charge is 2.29. The molecule has 1 aliphatic heterocycles. The zero-order valence-electron chi connectivity index (χ0n) is 15.2. The Bertz CT molecular complexity index is 732. The van der Waals surface area contributed by atoms with Crippen molar-refractivity contribution >= 4 is 11.4 Å². The van der Waals surface area contributed by atoms with Gasteiger partial charge in [0.05, 0.1) is 11.4 Å². The van der Waals surface area contributed by atoms with Gasteiger partial charge in [-0.25, -0.2) is 0 Å². The summed E-state index contributed by atoms with van der Waals surface area (Å²) >= 11 is 0. The molecular weight excluding hydrogens is 306 g/mol. The van der Waals surface area contributed by atoms with Gasteiger partial charge in [0, 0.05) is 25.2 Å². The summed E-state index contributed by atoms with van der Waals surface area (Å²) in [5.74, 6) is 0. The van der Waals surface area contributed by atoms with E-state index in [1.807, 2.05) is 12.1 Å². The van der Waals surface area contributed by atoms with Crippen LogP contribution in [0.2, 0.25) is 0 Å². The minimum absolute atomic E-state index is 0.529. The molecule has 0 aromatic heterocycles. The summed E-state index contributed by atoms with van der Waals surface area (Å²) in [5.41, 5.74) is 12.7. The van der Waals surface area contributed by atoms with Gasteiger partial charge in [0.25, 0.3) is 0 Å². The van der Waals surface area contributed by atoms with Crippen LogP contribution in [0.15, 0.2) is 42.5 Å². The highest BCUT2D eigenvalue weighted by Crippen LogP contribution is 2.37. The number of para-hydroxylation sites is 2. The molecule has 1 saturated heterocycles. The molecule has 1 aliphatic carbocycles. The predicted octanol–water partition coefficient (Wildman–Crippen LogP) is 4.53. The van der Waals surface area contributed by atoms with Gasteiger partial charge in [-0.2, -0.15) is 0 Å². The molecule has 2 aliphatic rings. The predicted molar refractivity (Wildman–Crippen MR) is 106 cm³/mol. The number of nitrogens with zero attached hydrogens (tertiary/aromatic N) is 1. The third-order valence-electron chi connectivity index (χ3n) is 6.00. The van der Waals surface area contributed by atoms with Crippen molar-refractivity contribution in [3.63, 3.8) is 0 Å². The lowest BCUT2D eigenvalue weighted by Gasteiger charge is -2.41. The number of piperidine rings is 1. The van der Waals surface area contributed by atoms with Crippen molar-refractivity contribution in [2.75, 3.05) is 24.1 Å². The number of nitrogen functional groups attached to an aromatic ring is 1. The van der Waals surface area contributed by atoms with E-state index in [9.17, 15) is 0 Å². The molecule has 1 unspecified atom stereocenters. The lowest BCUT2D eigenvalue weighted by Crippen LogP contribution is -2.42. The number of nitrogens with one attached hydrogen (secondary N) is 1. The summed E-state index contributed by atoms with van der Waals surface area (Å²) in [7, 11) is 0. The number of anilines is 2. The molecule has 1 fully saturated rings. The molecule has 0 bridgehead atoms. The Morgan fingerprint density at radius 3 is 2.60 bits per heavy atom. The summed E-state index contributed by atoms with van der Waals surface area (Å²) in [6.45, 7) is 4.60. The molecule has 0 spiro atoms. The van der Waals surface area contributed by atoms with Gasteiger partial charge in [-0.3, -0.25) is 4.90 Å². The number of fused-ring (bicyclic) bond motifs is 1. The summed E-state index contributed by atoms with van der Waals surface area (Å²) in [5, 5.41) is 3.65. The number of rotatable bonds is 3. The van der Waals surface area contributed by atoms with Crippen LogP contribution in [-0.2, 0) is 6.42 Å². The summed E-state index contributed by atoms with van der Waals surface area (Å²) < 4.78 is 0. The molecule has 2 aromatic rings.